The summed E-state index contributed by atoms with van der Waals surface area (Å²) in [6.07, 6.45) is 0. The van der Waals surface area contributed by atoms with Crippen molar-refractivity contribution in [3.05, 3.63) is 291 Å². The normalized spacial score (nSPS) is 13.6. The molecule has 78 heavy (non-hydrogen) atoms. The van der Waals surface area contributed by atoms with Crippen LogP contribution in [0, 0.1) is 0 Å². The maximum Gasteiger partial charge on any atom is 0.252 e. The van der Waals surface area contributed by atoms with Crippen LogP contribution in [0.2, 0.25) is 0 Å². The average Bonchev–Trinajstić information content (AvgIpc) is 3.72. The smallest absolute Gasteiger partial charge is 0.252 e. The van der Waals surface area contributed by atoms with E-state index in [9.17, 15) is 0 Å². The van der Waals surface area contributed by atoms with Crippen LogP contribution in [0.15, 0.2) is 291 Å². The first kappa shape index (κ1) is 44.8. The predicted octanol–water partition coefficient (Wildman–Crippen LogP) is 14.6. The summed E-state index contributed by atoms with van der Waals surface area (Å²) in [4.78, 5) is 7.76. The van der Waals surface area contributed by atoms with E-state index in [4.69, 9.17) is 0 Å². The van der Waals surface area contributed by atoms with Gasteiger partial charge in [-0.3, -0.25) is 0 Å². The number of benzene rings is 12. The van der Waals surface area contributed by atoms with Gasteiger partial charge in [-0.15, -0.1) is 11.3 Å². The van der Waals surface area contributed by atoms with E-state index in [1.807, 2.05) is 11.3 Å². The van der Waals surface area contributed by atoms with Gasteiger partial charge in [-0.2, -0.15) is 0 Å². The molecule has 0 aliphatic carbocycles. The van der Waals surface area contributed by atoms with E-state index < -0.39 is 8.07 Å². The zero-order valence-corrected chi connectivity index (χ0v) is 44.4. The van der Waals surface area contributed by atoms with E-state index in [1.165, 1.54) is 114 Å². The van der Waals surface area contributed by atoms with Gasteiger partial charge in [0.1, 0.15) is 0 Å². The molecule has 0 radical (unpaired) electrons. The molecule has 4 heterocycles. The van der Waals surface area contributed by atoms with E-state index >= 15 is 0 Å². The summed E-state index contributed by atoms with van der Waals surface area (Å²) in [7, 11) is -3.08. The van der Waals surface area contributed by atoms with Crippen LogP contribution in [0.3, 0.4) is 0 Å². The van der Waals surface area contributed by atoms with Crippen molar-refractivity contribution in [2.75, 3.05) is 14.7 Å². The predicted molar refractivity (Wildman–Crippen MR) is 336 cm³/mol. The quantitative estimate of drug-likeness (QED) is 0.147. The van der Waals surface area contributed by atoms with Crippen LogP contribution >= 0.6 is 11.3 Å². The fraction of sp³-hybridized carbons (Fsp3) is 0. The molecular weight excluding hydrogens is 978 g/mol. The molecule has 16 rings (SSSR count). The van der Waals surface area contributed by atoms with Crippen molar-refractivity contribution in [2.24, 2.45) is 0 Å². The lowest BCUT2D eigenvalue weighted by atomic mass is 9.33. The Morgan fingerprint density at radius 2 is 0.744 bits per heavy atom. The van der Waals surface area contributed by atoms with Crippen molar-refractivity contribution in [1.82, 2.24) is 0 Å². The van der Waals surface area contributed by atoms with Gasteiger partial charge in [0.05, 0.1) is 5.69 Å². The Morgan fingerprint density at radius 1 is 0.282 bits per heavy atom. The summed E-state index contributed by atoms with van der Waals surface area (Å²) >= 11 is 1.89. The van der Waals surface area contributed by atoms with Gasteiger partial charge in [0.2, 0.25) is 0 Å². The molecule has 0 bridgehead atoms. The SMILES string of the molecule is c1ccc(-c2ccc3c(c2)N(c2cc4c5c(c2)N(c2ccccc2)c2cc6sc7ccccc7c6cc2B5c2ccccc2N4c2ccccc2)c2cc(-c4ccccc4)ccc2[Si]3(c2ccccc2)c2ccccc2)cc1. The third-order valence-electron chi connectivity index (χ3n) is 16.7. The van der Waals surface area contributed by atoms with Gasteiger partial charge in [0.25, 0.3) is 6.71 Å². The Hall–Kier alpha value is -9.46. The zero-order chi connectivity index (χ0) is 51.3. The van der Waals surface area contributed by atoms with Crippen LogP contribution in [0.25, 0.3) is 42.4 Å². The molecular formula is C72H48BN3SSi. The van der Waals surface area contributed by atoms with Crippen LogP contribution in [-0.2, 0) is 0 Å². The molecule has 3 aliphatic rings. The second kappa shape index (κ2) is 17.8. The standard InChI is InChI=1S/C72H48BN3SSi/c1-7-23-49(24-8-1)51-39-41-70-64(43-51)76(65-44-52(50-25-9-2-10-26-50)40-42-71(65)78(70,56-31-15-5-16-32-56)57-33-17-6-18-34-57)55-45-66-72-67(46-55)75(54-29-13-4-14-30-54)63-48-69-59(58-35-19-22-38-68(58)77-69)47-61(63)73(72)60-36-20-21-37-62(60)74(66)53-27-11-3-12-28-53/h1-48H. The maximum atomic E-state index is 2.64. The van der Waals surface area contributed by atoms with Crippen LogP contribution in [0.4, 0.5) is 51.2 Å². The number of nitrogens with zero attached hydrogens (tertiary/aromatic N) is 3. The number of fused-ring (bicyclic) bond motifs is 9. The lowest BCUT2D eigenvalue weighted by Gasteiger charge is -2.47. The van der Waals surface area contributed by atoms with E-state index in [0.29, 0.717) is 0 Å². The molecule has 0 saturated carbocycles. The largest absolute Gasteiger partial charge is 0.311 e. The van der Waals surface area contributed by atoms with Crippen molar-refractivity contribution < 1.29 is 0 Å². The first-order chi connectivity index (χ1) is 38.7. The van der Waals surface area contributed by atoms with Gasteiger partial charge < -0.3 is 14.7 Å². The van der Waals surface area contributed by atoms with Gasteiger partial charge in [-0.1, -0.05) is 224 Å². The van der Waals surface area contributed by atoms with Crippen molar-refractivity contribution in [3.63, 3.8) is 0 Å². The number of anilines is 9. The zero-order valence-electron chi connectivity index (χ0n) is 42.5. The average molecular weight is 1030 g/mol. The highest BCUT2D eigenvalue weighted by atomic mass is 32.1. The molecule has 0 spiro atoms. The number of hydrogen-bond donors (Lipinski definition) is 0. The molecule has 0 N–H and O–H groups in total. The minimum absolute atomic E-state index is 0.0512. The molecule has 13 aromatic rings. The minimum Gasteiger partial charge on any atom is -0.311 e. The Balaban J connectivity index is 1.06. The molecule has 364 valence electrons. The van der Waals surface area contributed by atoms with E-state index in [-0.39, 0.29) is 6.71 Å². The molecule has 0 unspecified atom stereocenters. The second-order valence-electron chi connectivity index (χ2n) is 20.8. The third kappa shape index (κ3) is 6.70. The topological polar surface area (TPSA) is 9.72 Å². The summed E-state index contributed by atoms with van der Waals surface area (Å²) in [6.45, 7) is -0.0512. The highest BCUT2D eigenvalue weighted by Crippen LogP contribution is 2.50. The van der Waals surface area contributed by atoms with Crippen molar-refractivity contribution in [3.8, 4) is 22.3 Å². The summed E-state index contributed by atoms with van der Waals surface area (Å²) in [5.41, 5.74) is 19.1. The van der Waals surface area contributed by atoms with Gasteiger partial charge >= 0.3 is 0 Å². The van der Waals surface area contributed by atoms with Gasteiger partial charge in [0.15, 0.2) is 8.07 Å². The lowest BCUT2D eigenvalue weighted by Crippen LogP contribution is -2.77. The number of para-hydroxylation sites is 3. The molecule has 12 aromatic carbocycles. The molecule has 0 amide bonds. The van der Waals surface area contributed by atoms with Gasteiger partial charge in [0, 0.05) is 60.3 Å². The third-order valence-corrected chi connectivity index (χ3v) is 22.7. The van der Waals surface area contributed by atoms with Crippen molar-refractivity contribution in [2.45, 2.75) is 0 Å². The Bertz CT molecular complexity index is 4330. The summed E-state index contributed by atoms with van der Waals surface area (Å²) in [5.74, 6) is 0. The fourth-order valence-electron chi connectivity index (χ4n) is 13.4. The van der Waals surface area contributed by atoms with Crippen molar-refractivity contribution in [1.29, 1.82) is 0 Å². The Kier molecular flexibility index (Phi) is 10.2. The lowest BCUT2D eigenvalue weighted by molar-refractivity contribution is 1.23. The first-order valence-electron chi connectivity index (χ1n) is 26.9. The van der Waals surface area contributed by atoms with Crippen molar-refractivity contribution >= 4 is 135 Å². The number of thiophene rings is 1. The highest BCUT2D eigenvalue weighted by molar-refractivity contribution is 7.26. The molecule has 1 aromatic heterocycles. The monoisotopic (exact) mass is 1030 g/mol. The highest BCUT2D eigenvalue weighted by Gasteiger charge is 2.50. The van der Waals surface area contributed by atoms with E-state index in [2.05, 4.69) is 306 Å². The van der Waals surface area contributed by atoms with E-state index in [1.54, 1.807) is 0 Å². The summed E-state index contributed by atoms with van der Waals surface area (Å²) in [5, 5.41) is 8.03. The van der Waals surface area contributed by atoms with Crippen LogP contribution < -0.4 is 51.8 Å². The maximum absolute atomic E-state index is 3.08. The van der Waals surface area contributed by atoms with E-state index in [0.717, 1.165) is 17.1 Å². The second-order valence-corrected chi connectivity index (χ2v) is 25.6. The Labute approximate surface area is 459 Å². The summed E-state index contributed by atoms with van der Waals surface area (Å²) in [6, 6.07) is 110. The molecule has 0 saturated heterocycles. The van der Waals surface area contributed by atoms with Crippen LogP contribution in [-0.4, -0.2) is 14.8 Å². The van der Waals surface area contributed by atoms with Gasteiger partial charge in [-0.05, 0) is 132 Å². The molecule has 3 aliphatic heterocycles. The minimum atomic E-state index is -3.08. The molecule has 6 heteroatoms. The van der Waals surface area contributed by atoms with Crippen LogP contribution in [0.1, 0.15) is 0 Å². The fourth-order valence-corrected chi connectivity index (χ4v) is 19.6. The molecule has 0 fully saturated rings. The number of rotatable bonds is 7. The van der Waals surface area contributed by atoms with Crippen LogP contribution in [0.5, 0.6) is 0 Å². The first-order valence-corrected chi connectivity index (χ1v) is 29.8. The summed E-state index contributed by atoms with van der Waals surface area (Å²) < 4.78 is 2.59. The van der Waals surface area contributed by atoms with Gasteiger partial charge in [-0.25, -0.2) is 0 Å². The molecule has 3 nitrogen and oxygen atoms in total. The molecule has 0 atom stereocenters. The Morgan fingerprint density at radius 3 is 1.31 bits per heavy atom. The number of hydrogen-bond acceptors (Lipinski definition) is 4.